The van der Waals surface area contributed by atoms with Crippen LogP contribution < -0.4 is 24.8 Å². The Morgan fingerprint density at radius 2 is 1.75 bits per heavy atom. The standard InChI is InChI=1S/C39H48F3N5O11S/c1-21-10-6-7-11-23-18-38(23,33(50)46-59(54,55)37(5)14-15-37)45-30(48)27-17-24(20-47(27)32(49)29(22(2)16-21)44-34(51)52)56-31-26-13-9-8-12-25(26)28(19-43-31)57-35(53)58-36(3,4)39(40,41)42/h7-9,11-13,19,21-24,27,29,44H,6,10,14-18,20H2,1-5H3,(H,45,48)(H,46,50)(H,51,52)/b11-7-/t21-,22-,23-,24-,27+,29+,38-/m1/s1. The molecule has 1 saturated heterocycles. The zero-order valence-corrected chi connectivity index (χ0v) is 33.9. The fraction of sp³-hybridized carbons (Fsp3) is 0.590. The van der Waals surface area contributed by atoms with Crippen molar-refractivity contribution in [2.75, 3.05) is 6.54 Å². The van der Waals surface area contributed by atoms with Gasteiger partial charge in [0, 0.05) is 23.1 Å². The van der Waals surface area contributed by atoms with E-state index in [1.165, 1.54) is 24.0 Å². The quantitative estimate of drug-likeness (QED) is 0.205. The summed E-state index contributed by atoms with van der Waals surface area (Å²) in [6.45, 7) is 6.31. The highest BCUT2D eigenvalue weighted by molar-refractivity contribution is 7.91. The van der Waals surface area contributed by atoms with Crippen LogP contribution in [-0.2, 0) is 29.1 Å². The molecule has 1 aromatic carbocycles. The first kappa shape index (κ1) is 43.4. The molecule has 2 aromatic rings. The third kappa shape index (κ3) is 9.06. The summed E-state index contributed by atoms with van der Waals surface area (Å²) in [7, 11) is -4.08. The molecule has 6 rings (SSSR count). The van der Waals surface area contributed by atoms with Crippen LogP contribution in [0.2, 0.25) is 0 Å². The van der Waals surface area contributed by atoms with Crippen molar-refractivity contribution in [2.24, 2.45) is 17.8 Å². The highest BCUT2D eigenvalue weighted by Gasteiger charge is 2.63. The molecule has 0 spiro atoms. The summed E-state index contributed by atoms with van der Waals surface area (Å²) in [6, 6.07) is 3.60. The Hall–Kier alpha value is -5.14. The molecule has 0 radical (unpaired) electrons. The molecular formula is C39H48F3N5O11S. The number of aromatic nitrogens is 1. The number of hydrogen-bond acceptors (Lipinski definition) is 11. The Morgan fingerprint density at radius 1 is 1.07 bits per heavy atom. The number of amides is 4. The topological polar surface area (TPSA) is 220 Å². The third-order valence-corrected chi connectivity index (χ3v) is 13.9. The molecule has 0 unspecified atom stereocenters. The van der Waals surface area contributed by atoms with Crippen LogP contribution in [0.15, 0.2) is 42.6 Å². The number of ether oxygens (including phenoxy) is 3. The predicted molar refractivity (Wildman–Crippen MR) is 203 cm³/mol. The van der Waals surface area contributed by atoms with Gasteiger partial charge in [0.2, 0.25) is 33.3 Å². The van der Waals surface area contributed by atoms with E-state index in [-0.39, 0.29) is 47.7 Å². The maximum absolute atomic E-state index is 14.4. The Balaban J connectivity index is 1.31. The molecule has 322 valence electrons. The minimum Gasteiger partial charge on any atom is -0.472 e. The number of pyridine rings is 1. The number of carbonyl (C=O) groups is 5. The van der Waals surface area contributed by atoms with E-state index >= 15 is 0 Å². The van der Waals surface area contributed by atoms with Crippen LogP contribution in [0.25, 0.3) is 10.8 Å². The van der Waals surface area contributed by atoms with Gasteiger partial charge >= 0.3 is 18.4 Å². The van der Waals surface area contributed by atoms with Gasteiger partial charge in [0.1, 0.15) is 23.7 Å². The molecule has 3 fully saturated rings. The van der Waals surface area contributed by atoms with Gasteiger partial charge in [-0.15, -0.1) is 0 Å². The highest BCUT2D eigenvalue weighted by Crippen LogP contribution is 2.48. The minimum atomic E-state index is -4.89. The summed E-state index contributed by atoms with van der Waals surface area (Å²) >= 11 is 0. The van der Waals surface area contributed by atoms with Crippen LogP contribution in [0, 0.1) is 17.8 Å². The summed E-state index contributed by atoms with van der Waals surface area (Å²) < 4.78 is 83.4. The lowest BCUT2D eigenvalue weighted by atomic mass is 9.88. The van der Waals surface area contributed by atoms with Crippen LogP contribution in [-0.4, -0.2) is 100 Å². The minimum absolute atomic E-state index is 0.0388. The average molecular weight is 852 g/mol. The summed E-state index contributed by atoms with van der Waals surface area (Å²) in [5.41, 5.74) is -4.51. The number of nitrogens with one attached hydrogen (secondary N) is 3. The van der Waals surface area contributed by atoms with Gasteiger partial charge in [-0.1, -0.05) is 44.2 Å². The lowest BCUT2D eigenvalue weighted by molar-refractivity contribution is -0.247. The molecule has 16 nitrogen and oxygen atoms in total. The van der Waals surface area contributed by atoms with Gasteiger partial charge in [-0.2, -0.15) is 13.2 Å². The second-order valence-corrected chi connectivity index (χ2v) is 19.0. The Labute approximate surface area is 338 Å². The predicted octanol–water partition coefficient (Wildman–Crippen LogP) is 4.96. The lowest BCUT2D eigenvalue weighted by Crippen LogP contribution is -2.59. The number of alkyl halides is 3. The van der Waals surface area contributed by atoms with E-state index in [2.05, 4.69) is 25.1 Å². The largest absolute Gasteiger partial charge is 0.514 e. The smallest absolute Gasteiger partial charge is 0.472 e. The molecule has 2 aliphatic carbocycles. The van der Waals surface area contributed by atoms with Gasteiger partial charge in [-0.05, 0) is 77.2 Å². The van der Waals surface area contributed by atoms with Crippen LogP contribution >= 0.6 is 0 Å². The molecule has 2 saturated carbocycles. The number of nitrogens with zero attached hydrogens (tertiary/aromatic N) is 2. The van der Waals surface area contributed by atoms with Gasteiger partial charge in [0.15, 0.2) is 5.75 Å². The highest BCUT2D eigenvalue weighted by atomic mass is 32.2. The molecular weight excluding hydrogens is 804 g/mol. The number of benzene rings is 1. The first-order chi connectivity index (χ1) is 27.5. The van der Waals surface area contributed by atoms with Crippen molar-refractivity contribution in [3.05, 3.63) is 42.6 Å². The molecule has 4 aliphatic rings. The summed E-state index contributed by atoms with van der Waals surface area (Å²) in [6.07, 6.45) is -1.90. The van der Waals surface area contributed by atoms with E-state index in [1.807, 2.05) is 13.0 Å². The molecule has 4 N–H and O–H groups in total. The normalized spacial score (nSPS) is 29.1. The average Bonchev–Trinajstić information content (AvgIpc) is 4.02. The Bertz CT molecular complexity index is 2160. The zero-order chi connectivity index (χ0) is 43.3. The molecule has 20 heteroatoms. The number of allylic oxidation sites excluding steroid dienone is 1. The number of rotatable bonds is 8. The van der Waals surface area contributed by atoms with Gasteiger partial charge in [0.05, 0.1) is 17.5 Å². The number of fused-ring (bicyclic) bond motifs is 3. The van der Waals surface area contributed by atoms with Gasteiger partial charge in [-0.3, -0.25) is 19.1 Å². The van der Waals surface area contributed by atoms with Gasteiger partial charge < -0.3 is 34.9 Å². The number of hydrogen-bond donors (Lipinski definition) is 4. The molecule has 2 aliphatic heterocycles. The molecule has 4 amide bonds. The fourth-order valence-corrected chi connectivity index (χ4v) is 8.89. The zero-order valence-electron chi connectivity index (χ0n) is 33.1. The summed E-state index contributed by atoms with van der Waals surface area (Å²) in [5.74, 6) is -3.75. The first-order valence-corrected chi connectivity index (χ1v) is 20.8. The van der Waals surface area contributed by atoms with Gasteiger partial charge in [0.25, 0.3) is 5.91 Å². The maximum Gasteiger partial charge on any atom is 0.514 e. The van der Waals surface area contributed by atoms with Crippen molar-refractivity contribution in [1.29, 1.82) is 0 Å². The molecule has 59 heavy (non-hydrogen) atoms. The second-order valence-electron chi connectivity index (χ2n) is 16.8. The number of carboxylic acid groups (broad SMARTS) is 1. The Kier molecular flexibility index (Phi) is 11.6. The SMILES string of the molecule is C[C@@H]1CC/C=C\[C@@H]2C[C@@]2(C(=O)NS(=O)(=O)C2(C)CC2)NC(=O)[C@@H]2C[C@@H](Oc3ncc(OC(=O)OC(C)(C)C(F)(F)F)c4ccccc34)CN2C(=O)[C@@H](NC(=O)O)[C@H](C)C1. The van der Waals surface area contributed by atoms with Gasteiger partial charge in [-0.25, -0.2) is 23.0 Å². The third-order valence-electron chi connectivity index (χ3n) is 11.7. The van der Waals surface area contributed by atoms with Crippen LogP contribution in [0.1, 0.15) is 79.6 Å². The molecule has 0 bridgehead atoms. The van der Waals surface area contributed by atoms with Crippen molar-refractivity contribution >= 4 is 50.8 Å². The molecule has 7 atom stereocenters. The number of carbonyl (C=O) groups excluding carboxylic acids is 4. The van der Waals surface area contributed by atoms with Crippen LogP contribution in [0.4, 0.5) is 22.8 Å². The van der Waals surface area contributed by atoms with Crippen molar-refractivity contribution in [3.63, 3.8) is 0 Å². The number of halogens is 3. The molecule has 3 heterocycles. The van der Waals surface area contributed by atoms with E-state index in [0.29, 0.717) is 46.0 Å². The van der Waals surface area contributed by atoms with Crippen LogP contribution in [0.5, 0.6) is 11.6 Å². The van der Waals surface area contributed by atoms with E-state index in [9.17, 15) is 50.7 Å². The van der Waals surface area contributed by atoms with E-state index in [0.717, 1.165) is 6.20 Å². The van der Waals surface area contributed by atoms with Crippen molar-refractivity contribution in [3.8, 4) is 11.6 Å². The summed E-state index contributed by atoms with van der Waals surface area (Å²) in [4.78, 5) is 72.6. The van der Waals surface area contributed by atoms with E-state index < -0.39 is 92.1 Å². The van der Waals surface area contributed by atoms with E-state index in [1.54, 1.807) is 25.1 Å². The Morgan fingerprint density at radius 3 is 2.39 bits per heavy atom. The number of sulfonamides is 1. The van der Waals surface area contributed by atoms with Crippen molar-refractivity contribution < 1.29 is 64.9 Å². The van der Waals surface area contributed by atoms with Crippen LogP contribution in [0.3, 0.4) is 0 Å². The fourth-order valence-electron chi connectivity index (χ4n) is 7.58. The monoisotopic (exact) mass is 851 g/mol. The second kappa shape index (κ2) is 15.8. The van der Waals surface area contributed by atoms with Crippen molar-refractivity contribution in [2.45, 2.75) is 120 Å². The summed E-state index contributed by atoms with van der Waals surface area (Å²) in [5, 5.41) is 15.3. The lowest BCUT2D eigenvalue weighted by Gasteiger charge is -2.32. The maximum atomic E-state index is 14.4. The van der Waals surface area contributed by atoms with E-state index in [4.69, 9.17) is 9.47 Å². The first-order valence-electron chi connectivity index (χ1n) is 19.3. The molecule has 1 aromatic heterocycles. The van der Waals surface area contributed by atoms with Crippen molar-refractivity contribution in [1.82, 2.24) is 25.2 Å².